The van der Waals surface area contributed by atoms with Gasteiger partial charge in [0.05, 0.1) is 6.04 Å². The summed E-state index contributed by atoms with van der Waals surface area (Å²) in [5, 5.41) is 5.31. The minimum Gasteiger partial charge on any atom is -0.326 e. The normalized spacial score (nSPS) is 17.3. The topological polar surface area (TPSA) is 35.6 Å². The summed E-state index contributed by atoms with van der Waals surface area (Å²) < 4.78 is 0. The number of carbonyl (C=O) groups excluding carboxylic acids is 1. The number of benzene rings is 1. The molecule has 4 nitrogen and oxygen atoms in total. The van der Waals surface area contributed by atoms with Crippen molar-refractivity contribution in [1.82, 2.24) is 15.1 Å². The van der Waals surface area contributed by atoms with Gasteiger partial charge in [-0.25, -0.2) is 4.79 Å². The van der Waals surface area contributed by atoms with Crippen LogP contribution in [0.15, 0.2) is 41.8 Å². The van der Waals surface area contributed by atoms with E-state index >= 15 is 0 Å². The van der Waals surface area contributed by atoms with Gasteiger partial charge in [-0.2, -0.15) is 0 Å². The van der Waals surface area contributed by atoms with E-state index in [2.05, 4.69) is 59.9 Å². The number of nitrogens with zero attached hydrogens (tertiary/aromatic N) is 2. The smallest absolute Gasteiger partial charge is 0.318 e. The zero-order valence-corrected chi connectivity index (χ0v) is 15.2. The standard InChI is InChI=1S/C19H25N3OS/c1-15-6-8-16(9-7-15)18(17-5-3-14-24-17)20-19(23)22-11-4-10-21(2)12-13-22/h3,5-9,14,18H,4,10-13H2,1-2H3,(H,20,23)/t18-/m1/s1. The summed E-state index contributed by atoms with van der Waals surface area (Å²) >= 11 is 1.68. The molecule has 1 fully saturated rings. The van der Waals surface area contributed by atoms with Gasteiger partial charge in [-0.1, -0.05) is 35.9 Å². The third-order valence-corrected chi connectivity index (χ3v) is 5.45. The lowest BCUT2D eigenvalue weighted by Gasteiger charge is -2.25. The highest BCUT2D eigenvalue weighted by Crippen LogP contribution is 2.26. The SMILES string of the molecule is Cc1ccc([C@@H](NC(=O)N2CCCN(C)CC2)c2cccs2)cc1. The molecule has 1 aromatic carbocycles. The summed E-state index contributed by atoms with van der Waals surface area (Å²) in [5.74, 6) is 0. The summed E-state index contributed by atoms with van der Waals surface area (Å²) in [5.41, 5.74) is 2.36. The molecule has 2 aromatic rings. The van der Waals surface area contributed by atoms with Crippen LogP contribution in [0.25, 0.3) is 0 Å². The van der Waals surface area contributed by atoms with Crippen molar-refractivity contribution in [2.24, 2.45) is 0 Å². The highest BCUT2D eigenvalue weighted by molar-refractivity contribution is 7.10. The number of hydrogen-bond donors (Lipinski definition) is 1. The summed E-state index contributed by atoms with van der Waals surface area (Å²) in [6.07, 6.45) is 1.03. The highest BCUT2D eigenvalue weighted by Gasteiger charge is 2.22. The third kappa shape index (κ3) is 4.16. The number of nitrogens with one attached hydrogen (secondary N) is 1. The van der Waals surface area contributed by atoms with Crippen LogP contribution in [0, 0.1) is 6.92 Å². The van der Waals surface area contributed by atoms with Crippen molar-refractivity contribution < 1.29 is 4.79 Å². The fourth-order valence-corrected chi connectivity index (χ4v) is 3.80. The fourth-order valence-electron chi connectivity index (χ4n) is 3.00. The van der Waals surface area contributed by atoms with Crippen molar-refractivity contribution in [1.29, 1.82) is 0 Å². The second-order valence-corrected chi connectivity index (χ2v) is 7.43. The van der Waals surface area contributed by atoms with Crippen LogP contribution in [0.1, 0.15) is 28.5 Å². The first-order valence-corrected chi connectivity index (χ1v) is 9.35. The lowest BCUT2D eigenvalue weighted by atomic mass is 10.0. The third-order valence-electron chi connectivity index (χ3n) is 4.51. The molecule has 0 unspecified atom stereocenters. The van der Waals surface area contributed by atoms with Gasteiger partial charge in [0.1, 0.15) is 0 Å². The first-order chi connectivity index (χ1) is 11.6. The van der Waals surface area contributed by atoms with Gasteiger partial charge in [-0.05, 0) is 43.9 Å². The van der Waals surface area contributed by atoms with Crippen molar-refractivity contribution in [3.05, 3.63) is 57.8 Å². The second-order valence-electron chi connectivity index (χ2n) is 6.45. The van der Waals surface area contributed by atoms with Gasteiger partial charge in [0, 0.05) is 24.5 Å². The van der Waals surface area contributed by atoms with Gasteiger partial charge >= 0.3 is 6.03 Å². The summed E-state index contributed by atoms with van der Waals surface area (Å²) in [7, 11) is 2.11. The highest BCUT2D eigenvalue weighted by atomic mass is 32.1. The van der Waals surface area contributed by atoms with Crippen molar-refractivity contribution in [3.8, 4) is 0 Å². The predicted octanol–water partition coefficient (Wildman–Crippen LogP) is 3.49. The quantitative estimate of drug-likeness (QED) is 0.926. The number of hydrogen-bond acceptors (Lipinski definition) is 3. The number of likely N-dealkylation sites (N-methyl/N-ethyl adjacent to an activating group) is 1. The van der Waals surface area contributed by atoms with Crippen LogP contribution in [-0.2, 0) is 0 Å². The van der Waals surface area contributed by atoms with Crippen molar-refractivity contribution in [3.63, 3.8) is 0 Å². The van der Waals surface area contributed by atoms with E-state index in [1.807, 2.05) is 11.0 Å². The van der Waals surface area contributed by atoms with Crippen LogP contribution in [0.4, 0.5) is 4.79 Å². The maximum Gasteiger partial charge on any atom is 0.318 e. The molecular weight excluding hydrogens is 318 g/mol. The second kappa shape index (κ2) is 7.81. The van der Waals surface area contributed by atoms with Crippen molar-refractivity contribution in [2.45, 2.75) is 19.4 Å². The van der Waals surface area contributed by atoms with Gasteiger partial charge in [-0.3, -0.25) is 0 Å². The van der Waals surface area contributed by atoms with Crippen molar-refractivity contribution in [2.75, 3.05) is 33.2 Å². The number of rotatable bonds is 3. The molecule has 24 heavy (non-hydrogen) atoms. The Labute approximate surface area is 148 Å². The first kappa shape index (κ1) is 17.0. The van der Waals surface area contributed by atoms with E-state index < -0.39 is 0 Å². The number of urea groups is 1. The van der Waals surface area contributed by atoms with E-state index in [0.717, 1.165) is 38.2 Å². The van der Waals surface area contributed by atoms with Gasteiger partial charge in [0.2, 0.25) is 0 Å². The molecule has 1 saturated heterocycles. The Kier molecular flexibility index (Phi) is 5.53. The van der Waals surface area contributed by atoms with Crippen LogP contribution in [0.3, 0.4) is 0 Å². The number of aryl methyl sites for hydroxylation is 1. The maximum atomic E-state index is 12.8. The Morgan fingerprint density at radius 1 is 1.12 bits per heavy atom. The van der Waals surface area contributed by atoms with Gasteiger partial charge in [0.15, 0.2) is 0 Å². The number of thiophene rings is 1. The molecule has 2 amide bonds. The van der Waals surface area contributed by atoms with E-state index in [1.165, 1.54) is 10.4 Å². The molecule has 5 heteroatoms. The van der Waals surface area contributed by atoms with Gasteiger partial charge in [-0.15, -0.1) is 11.3 Å². The summed E-state index contributed by atoms with van der Waals surface area (Å²) in [6.45, 7) is 5.67. The summed E-state index contributed by atoms with van der Waals surface area (Å²) in [4.78, 5) is 18.2. The predicted molar refractivity (Wildman–Crippen MR) is 99.6 cm³/mol. The molecule has 0 aliphatic carbocycles. The monoisotopic (exact) mass is 343 g/mol. The first-order valence-electron chi connectivity index (χ1n) is 8.47. The average Bonchev–Trinajstić information content (AvgIpc) is 3.02. The Hall–Kier alpha value is -1.85. The molecule has 128 valence electrons. The molecule has 1 atom stereocenters. The van der Waals surface area contributed by atoms with E-state index in [0.29, 0.717) is 0 Å². The lowest BCUT2D eigenvalue weighted by Crippen LogP contribution is -2.43. The van der Waals surface area contributed by atoms with E-state index in [1.54, 1.807) is 11.3 Å². The molecule has 0 radical (unpaired) electrons. The Balaban J connectivity index is 1.76. The Bertz CT molecular complexity index is 654. The molecule has 0 saturated carbocycles. The van der Waals surface area contributed by atoms with Gasteiger partial charge < -0.3 is 15.1 Å². The average molecular weight is 343 g/mol. The number of carbonyl (C=O) groups is 1. The molecule has 0 spiro atoms. The Morgan fingerprint density at radius 2 is 1.92 bits per heavy atom. The molecule has 3 rings (SSSR count). The molecule has 0 bridgehead atoms. The van der Waals surface area contributed by atoms with Crippen LogP contribution in [0.5, 0.6) is 0 Å². The minimum atomic E-state index is -0.0842. The zero-order chi connectivity index (χ0) is 16.9. The molecule has 2 heterocycles. The van der Waals surface area contributed by atoms with Crippen molar-refractivity contribution >= 4 is 17.4 Å². The maximum absolute atomic E-state index is 12.8. The van der Waals surface area contributed by atoms with E-state index in [9.17, 15) is 4.79 Å². The van der Waals surface area contributed by atoms with Gasteiger partial charge in [0.25, 0.3) is 0 Å². The van der Waals surface area contributed by atoms with Crippen LogP contribution in [0.2, 0.25) is 0 Å². The zero-order valence-electron chi connectivity index (χ0n) is 14.4. The largest absolute Gasteiger partial charge is 0.326 e. The van der Waals surface area contributed by atoms with Crippen LogP contribution >= 0.6 is 11.3 Å². The minimum absolute atomic E-state index is 0.0317. The van der Waals surface area contributed by atoms with Crippen LogP contribution < -0.4 is 5.32 Å². The molecule has 1 aliphatic heterocycles. The lowest BCUT2D eigenvalue weighted by molar-refractivity contribution is 0.197. The number of amides is 2. The summed E-state index contributed by atoms with van der Waals surface area (Å²) in [6, 6.07) is 12.5. The molecule has 1 aromatic heterocycles. The molecule has 1 N–H and O–H groups in total. The molecule has 1 aliphatic rings. The fraction of sp³-hybridized carbons (Fsp3) is 0.421. The Morgan fingerprint density at radius 3 is 2.62 bits per heavy atom. The molecular formula is C19H25N3OS. The van der Waals surface area contributed by atoms with Crippen LogP contribution in [-0.4, -0.2) is 49.1 Å². The van der Waals surface area contributed by atoms with E-state index in [4.69, 9.17) is 0 Å². The van der Waals surface area contributed by atoms with E-state index in [-0.39, 0.29) is 12.1 Å².